The summed E-state index contributed by atoms with van der Waals surface area (Å²) in [5.74, 6) is 0.582. The number of nitrogens with one attached hydrogen (secondary N) is 1. The van der Waals surface area contributed by atoms with Crippen molar-refractivity contribution in [1.82, 2.24) is 5.32 Å². The molecule has 0 aromatic heterocycles. The number of allylic oxidation sites excluding steroid dienone is 1. The Bertz CT molecular complexity index is 426. The molecule has 1 aliphatic rings. The first kappa shape index (κ1) is 18.5. The molecule has 1 heteroatoms. The smallest absolute Gasteiger partial charge is 0.0612 e. The van der Waals surface area contributed by atoms with E-state index >= 15 is 0 Å². The molecule has 0 aromatic carbocycles. The van der Waals surface area contributed by atoms with Crippen LogP contribution in [-0.4, -0.2) is 12.6 Å². The van der Waals surface area contributed by atoms with Crippen LogP contribution in [0.2, 0.25) is 0 Å². The van der Waals surface area contributed by atoms with Crippen molar-refractivity contribution in [2.45, 2.75) is 80.2 Å². The zero-order valence-corrected chi connectivity index (χ0v) is 15.9. The summed E-state index contributed by atoms with van der Waals surface area (Å²) < 4.78 is 0. The highest BCUT2D eigenvalue weighted by Crippen LogP contribution is 2.50. The lowest BCUT2D eigenvalue weighted by Gasteiger charge is -2.43. The Morgan fingerprint density at radius 1 is 1.10 bits per heavy atom. The second-order valence-corrected chi connectivity index (χ2v) is 9.03. The molecule has 0 radical (unpaired) electrons. The van der Waals surface area contributed by atoms with Gasteiger partial charge >= 0.3 is 0 Å². The lowest BCUT2D eigenvalue weighted by molar-refractivity contribution is 0.359. The average molecular weight is 292 g/mol. The summed E-state index contributed by atoms with van der Waals surface area (Å²) in [6.07, 6.45) is 3.65. The van der Waals surface area contributed by atoms with Crippen LogP contribution in [0.1, 0.15) is 74.7 Å². The van der Waals surface area contributed by atoms with E-state index in [1.165, 1.54) is 24.8 Å². The molecule has 1 rings (SSSR count). The van der Waals surface area contributed by atoms with Crippen LogP contribution in [0.4, 0.5) is 0 Å². The highest BCUT2D eigenvalue weighted by molar-refractivity contribution is 5.44. The van der Waals surface area contributed by atoms with Gasteiger partial charge in [0.05, 0.1) is 5.54 Å². The standard InChI is InChI=1S/C20H37N/c1-14(2)17(19(7,8)9)16-12-11-13-20(16,21-10)15(3)18(4,5)6/h14,21H,3,11-13H2,1-2,4-10H3/b17-16+. The molecule has 1 fully saturated rings. The molecule has 1 aliphatic carbocycles. The van der Waals surface area contributed by atoms with E-state index in [1.807, 2.05) is 0 Å². The number of rotatable bonds is 3. The highest BCUT2D eigenvalue weighted by Gasteiger charge is 2.45. The van der Waals surface area contributed by atoms with Crippen molar-refractivity contribution in [3.63, 3.8) is 0 Å². The van der Waals surface area contributed by atoms with Crippen LogP contribution in [-0.2, 0) is 0 Å². The minimum atomic E-state index is -0.00880. The first-order valence-electron chi connectivity index (χ1n) is 8.50. The van der Waals surface area contributed by atoms with Crippen molar-refractivity contribution < 1.29 is 0 Å². The normalized spacial score (nSPS) is 26.4. The van der Waals surface area contributed by atoms with Crippen LogP contribution in [0.25, 0.3) is 0 Å². The van der Waals surface area contributed by atoms with Crippen LogP contribution in [0.3, 0.4) is 0 Å². The Kier molecular flexibility index (Phi) is 5.20. The van der Waals surface area contributed by atoms with Crippen molar-refractivity contribution in [3.8, 4) is 0 Å². The molecule has 0 heterocycles. The molecule has 0 amide bonds. The van der Waals surface area contributed by atoms with Crippen LogP contribution in [0.5, 0.6) is 0 Å². The Labute approximate surface area is 133 Å². The Hall–Kier alpha value is -0.560. The summed E-state index contributed by atoms with van der Waals surface area (Å²) in [6.45, 7) is 23.1. The van der Waals surface area contributed by atoms with Gasteiger partial charge in [0, 0.05) is 0 Å². The predicted molar refractivity (Wildman–Crippen MR) is 95.6 cm³/mol. The largest absolute Gasteiger partial charge is 0.307 e. The Morgan fingerprint density at radius 3 is 1.95 bits per heavy atom. The first-order chi connectivity index (χ1) is 9.38. The molecule has 122 valence electrons. The first-order valence-corrected chi connectivity index (χ1v) is 8.50. The minimum Gasteiger partial charge on any atom is -0.307 e. The molecule has 1 N–H and O–H groups in total. The molecule has 0 aromatic rings. The summed E-state index contributed by atoms with van der Waals surface area (Å²) in [6, 6.07) is 0. The van der Waals surface area contributed by atoms with E-state index in [9.17, 15) is 0 Å². The van der Waals surface area contributed by atoms with Crippen molar-refractivity contribution >= 4 is 0 Å². The molecule has 0 saturated heterocycles. The monoisotopic (exact) mass is 291 g/mol. The maximum atomic E-state index is 4.53. The van der Waals surface area contributed by atoms with Gasteiger partial charge in [-0.1, -0.05) is 67.5 Å². The van der Waals surface area contributed by atoms with E-state index in [0.29, 0.717) is 5.92 Å². The third kappa shape index (κ3) is 3.44. The molecule has 1 nitrogen and oxygen atoms in total. The summed E-state index contributed by atoms with van der Waals surface area (Å²) in [5, 5.41) is 3.68. The van der Waals surface area contributed by atoms with E-state index in [1.54, 1.807) is 11.1 Å². The van der Waals surface area contributed by atoms with Gasteiger partial charge in [0.15, 0.2) is 0 Å². The lowest BCUT2D eigenvalue weighted by atomic mass is 9.67. The third-order valence-electron chi connectivity index (χ3n) is 5.05. The van der Waals surface area contributed by atoms with Crippen molar-refractivity contribution in [3.05, 3.63) is 23.3 Å². The molecule has 1 unspecified atom stereocenters. The van der Waals surface area contributed by atoms with Gasteiger partial charge in [-0.3, -0.25) is 0 Å². The second kappa shape index (κ2) is 5.91. The summed E-state index contributed by atoms with van der Waals surface area (Å²) in [7, 11) is 2.11. The van der Waals surface area contributed by atoms with Crippen LogP contribution < -0.4 is 5.32 Å². The van der Waals surface area contributed by atoms with Crippen molar-refractivity contribution in [1.29, 1.82) is 0 Å². The van der Waals surface area contributed by atoms with E-state index < -0.39 is 0 Å². The lowest BCUT2D eigenvalue weighted by Crippen LogP contribution is -2.48. The number of hydrogen-bond acceptors (Lipinski definition) is 1. The molecule has 1 atom stereocenters. The maximum absolute atomic E-state index is 4.53. The fraction of sp³-hybridized carbons (Fsp3) is 0.800. The van der Waals surface area contributed by atoms with E-state index in [2.05, 4.69) is 74.3 Å². The second-order valence-electron chi connectivity index (χ2n) is 9.03. The quantitative estimate of drug-likeness (QED) is 0.655. The SMILES string of the molecule is C=C(C(C)(C)C)C1(NC)CCC/C1=C(/C(C)C)C(C)(C)C. The minimum absolute atomic E-state index is 0.00880. The Balaban J connectivity index is 3.56. The Morgan fingerprint density at radius 2 is 1.62 bits per heavy atom. The van der Waals surface area contributed by atoms with E-state index in [0.717, 1.165) is 0 Å². The molecular weight excluding hydrogens is 254 g/mol. The molecular formula is C20H37N. The fourth-order valence-corrected chi connectivity index (χ4v) is 4.33. The molecule has 21 heavy (non-hydrogen) atoms. The summed E-state index contributed by atoms with van der Waals surface area (Å²) in [5.41, 5.74) is 4.91. The molecule has 0 bridgehead atoms. The van der Waals surface area contributed by atoms with Crippen molar-refractivity contribution in [2.75, 3.05) is 7.05 Å². The predicted octanol–water partition coefficient (Wildman–Crippen LogP) is 5.73. The zero-order valence-electron chi connectivity index (χ0n) is 15.9. The third-order valence-corrected chi connectivity index (χ3v) is 5.05. The summed E-state index contributed by atoms with van der Waals surface area (Å²) >= 11 is 0. The topological polar surface area (TPSA) is 12.0 Å². The molecule has 1 saturated carbocycles. The maximum Gasteiger partial charge on any atom is 0.0612 e. The van der Waals surface area contributed by atoms with Gasteiger partial charge in [-0.25, -0.2) is 0 Å². The number of likely N-dealkylation sites (N-methyl/N-ethyl adjacent to an activating group) is 1. The van der Waals surface area contributed by atoms with Crippen LogP contribution in [0.15, 0.2) is 23.3 Å². The van der Waals surface area contributed by atoms with Gasteiger partial charge in [-0.2, -0.15) is 0 Å². The van der Waals surface area contributed by atoms with Gasteiger partial charge in [0.2, 0.25) is 0 Å². The van der Waals surface area contributed by atoms with Crippen molar-refractivity contribution in [2.24, 2.45) is 16.7 Å². The van der Waals surface area contributed by atoms with Crippen LogP contribution in [0, 0.1) is 16.7 Å². The average Bonchev–Trinajstić information content (AvgIpc) is 2.69. The van der Waals surface area contributed by atoms with Gasteiger partial charge in [0.25, 0.3) is 0 Å². The molecule has 0 aliphatic heterocycles. The van der Waals surface area contributed by atoms with Gasteiger partial charge in [-0.05, 0) is 54.2 Å². The number of hydrogen-bond donors (Lipinski definition) is 1. The van der Waals surface area contributed by atoms with Crippen LogP contribution >= 0.6 is 0 Å². The summed E-state index contributed by atoms with van der Waals surface area (Å²) in [4.78, 5) is 0. The zero-order chi connectivity index (χ0) is 16.6. The molecule has 0 spiro atoms. The van der Waals surface area contributed by atoms with E-state index in [-0.39, 0.29) is 16.4 Å². The highest BCUT2D eigenvalue weighted by atomic mass is 15.0. The van der Waals surface area contributed by atoms with Gasteiger partial charge in [0.1, 0.15) is 0 Å². The van der Waals surface area contributed by atoms with E-state index in [4.69, 9.17) is 0 Å². The van der Waals surface area contributed by atoms with Gasteiger partial charge < -0.3 is 5.32 Å². The van der Waals surface area contributed by atoms with Gasteiger partial charge in [-0.15, -0.1) is 0 Å². The fourth-order valence-electron chi connectivity index (χ4n) is 4.33.